The van der Waals surface area contributed by atoms with E-state index in [9.17, 15) is 4.79 Å². The highest BCUT2D eigenvalue weighted by Gasteiger charge is 2.17. The molecule has 0 radical (unpaired) electrons. The lowest BCUT2D eigenvalue weighted by Crippen LogP contribution is -2.14. The standard InChI is InChI=1S/C25H23NO4/c27-25(13-20-15-30-24-12-19-6-2-5-18(19)11-23(20)24)26-21-7-1-4-17(10-21)14-28-16-22-8-3-9-29-22/h1,3-4,7-12,15H,2,5-6,13-14,16H2,(H,26,27). The van der Waals surface area contributed by atoms with Crippen LogP contribution in [0.3, 0.4) is 0 Å². The number of nitrogens with one attached hydrogen (secondary N) is 1. The Hall–Kier alpha value is -3.31. The van der Waals surface area contributed by atoms with Gasteiger partial charge >= 0.3 is 0 Å². The number of amides is 1. The Kier molecular flexibility index (Phi) is 5.11. The number of hydrogen-bond donors (Lipinski definition) is 1. The summed E-state index contributed by atoms with van der Waals surface area (Å²) in [6.07, 6.45) is 7.04. The molecule has 0 unspecified atom stereocenters. The summed E-state index contributed by atoms with van der Waals surface area (Å²) >= 11 is 0. The molecule has 1 N–H and O–H groups in total. The van der Waals surface area contributed by atoms with Crippen LogP contribution in [0.25, 0.3) is 11.0 Å². The predicted octanol–water partition coefficient (Wildman–Crippen LogP) is 5.41. The van der Waals surface area contributed by atoms with Crippen molar-refractivity contribution in [1.29, 1.82) is 0 Å². The lowest BCUT2D eigenvalue weighted by Gasteiger charge is -2.08. The van der Waals surface area contributed by atoms with Crippen molar-refractivity contribution in [1.82, 2.24) is 0 Å². The minimum atomic E-state index is -0.0631. The van der Waals surface area contributed by atoms with Gasteiger partial charge in [-0.05, 0) is 72.4 Å². The van der Waals surface area contributed by atoms with Crippen molar-refractivity contribution in [2.45, 2.75) is 38.9 Å². The minimum Gasteiger partial charge on any atom is -0.467 e. The Morgan fingerprint density at radius 3 is 2.77 bits per heavy atom. The monoisotopic (exact) mass is 401 g/mol. The minimum absolute atomic E-state index is 0.0631. The number of furan rings is 2. The van der Waals surface area contributed by atoms with Gasteiger partial charge in [0.15, 0.2) is 0 Å². The fraction of sp³-hybridized carbons (Fsp3) is 0.240. The fourth-order valence-electron chi connectivity index (χ4n) is 4.07. The summed E-state index contributed by atoms with van der Waals surface area (Å²) in [5.74, 6) is 0.726. The van der Waals surface area contributed by atoms with Gasteiger partial charge in [0.25, 0.3) is 0 Å². The average molecular weight is 401 g/mol. The second-order valence-electron chi connectivity index (χ2n) is 7.73. The van der Waals surface area contributed by atoms with Gasteiger partial charge in [-0.15, -0.1) is 0 Å². The van der Waals surface area contributed by atoms with Crippen LogP contribution < -0.4 is 5.32 Å². The number of aryl methyl sites for hydroxylation is 2. The van der Waals surface area contributed by atoms with E-state index in [-0.39, 0.29) is 12.3 Å². The number of benzene rings is 2. The third-order valence-corrected chi connectivity index (χ3v) is 5.52. The molecule has 1 amide bonds. The molecule has 4 aromatic rings. The zero-order valence-corrected chi connectivity index (χ0v) is 16.6. The quantitative estimate of drug-likeness (QED) is 0.450. The van der Waals surface area contributed by atoms with E-state index < -0.39 is 0 Å². The van der Waals surface area contributed by atoms with Gasteiger partial charge < -0.3 is 18.9 Å². The third-order valence-electron chi connectivity index (χ3n) is 5.52. The molecule has 152 valence electrons. The highest BCUT2D eigenvalue weighted by molar-refractivity contribution is 5.95. The van der Waals surface area contributed by atoms with Crippen LogP contribution in [0.1, 0.15) is 34.4 Å². The molecule has 0 bridgehead atoms. The van der Waals surface area contributed by atoms with E-state index in [1.807, 2.05) is 36.4 Å². The first-order valence-electron chi connectivity index (χ1n) is 10.3. The Balaban J connectivity index is 1.22. The topological polar surface area (TPSA) is 64.6 Å². The van der Waals surface area contributed by atoms with Gasteiger partial charge in [-0.1, -0.05) is 12.1 Å². The average Bonchev–Trinajstić information content (AvgIpc) is 3.48. The van der Waals surface area contributed by atoms with Crippen LogP contribution in [0.15, 0.2) is 69.9 Å². The predicted molar refractivity (Wildman–Crippen MR) is 114 cm³/mol. The number of fused-ring (bicyclic) bond motifs is 2. The fourth-order valence-corrected chi connectivity index (χ4v) is 4.07. The number of rotatable bonds is 7. The Bertz CT molecular complexity index is 1170. The van der Waals surface area contributed by atoms with Crippen molar-refractivity contribution in [2.24, 2.45) is 0 Å². The lowest BCUT2D eigenvalue weighted by molar-refractivity contribution is -0.115. The summed E-state index contributed by atoms with van der Waals surface area (Å²) < 4.78 is 16.7. The maximum absolute atomic E-state index is 12.6. The number of ether oxygens (including phenoxy) is 1. The summed E-state index contributed by atoms with van der Waals surface area (Å²) in [6, 6.07) is 15.7. The molecule has 2 aromatic heterocycles. The van der Waals surface area contributed by atoms with Crippen molar-refractivity contribution in [3.05, 3.63) is 89.1 Å². The summed E-state index contributed by atoms with van der Waals surface area (Å²) in [6.45, 7) is 0.864. The molecule has 1 aliphatic carbocycles. The molecular formula is C25H23NO4. The van der Waals surface area contributed by atoms with Crippen LogP contribution in [0.2, 0.25) is 0 Å². The van der Waals surface area contributed by atoms with Crippen LogP contribution >= 0.6 is 0 Å². The molecule has 1 aliphatic rings. The van der Waals surface area contributed by atoms with Crippen LogP contribution in [0.4, 0.5) is 5.69 Å². The van der Waals surface area contributed by atoms with Gasteiger partial charge in [0.2, 0.25) is 5.91 Å². The van der Waals surface area contributed by atoms with E-state index in [0.717, 1.165) is 46.4 Å². The molecule has 2 heterocycles. The Labute approximate surface area is 174 Å². The largest absolute Gasteiger partial charge is 0.467 e. The van der Waals surface area contributed by atoms with E-state index >= 15 is 0 Å². The molecule has 5 nitrogen and oxygen atoms in total. The maximum Gasteiger partial charge on any atom is 0.228 e. The van der Waals surface area contributed by atoms with Crippen molar-refractivity contribution in [2.75, 3.05) is 5.32 Å². The molecule has 0 spiro atoms. The molecular weight excluding hydrogens is 378 g/mol. The molecule has 0 atom stereocenters. The molecule has 30 heavy (non-hydrogen) atoms. The number of anilines is 1. The van der Waals surface area contributed by atoms with E-state index in [4.69, 9.17) is 13.6 Å². The second-order valence-corrected chi connectivity index (χ2v) is 7.73. The van der Waals surface area contributed by atoms with Gasteiger partial charge in [0.05, 0.1) is 25.6 Å². The summed E-state index contributed by atoms with van der Waals surface area (Å²) in [4.78, 5) is 12.6. The second kappa shape index (κ2) is 8.20. The van der Waals surface area contributed by atoms with Gasteiger partial charge in [0, 0.05) is 16.6 Å². The molecule has 5 rings (SSSR count). The van der Waals surface area contributed by atoms with Crippen LogP contribution in [-0.2, 0) is 42.0 Å². The van der Waals surface area contributed by atoms with Crippen molar-refractivity contribution in [3.8, 4) is 0 Å². The summed E-state index contributed by atoms with van der Waals surface area (Å²) in [7, 11) is 0. The molecule has 5 heteroatoms. The summed E-state index contributed by atoms with van der Waals surface area (Å²) in [5, 5.41) is 4.03. The zero-order valence-electron chi connectivity index (χ0n) is 16.6. The first-order chi connectivity index (χ1) is 14.7. The summed E-state index contributed by atoms with van der Waals surface area (Å²) in [5.41, 5.74) is 6.30. The number of hydrogen-bond acceptors (Lipinski definition) is 4. The first kappa shape index (κ1) is 18.7. The van der Waals surface area contributed by atoms with Gasteiger partial charge in [0.1, 0.15) is 18.0 Å². The van der Waals surface area contributed by atoms with Gasteiger partial charge in [-0.2, -0.15) is 0 Å². The number of carbonyl (C=O) groups excluding carboxylic acids is 1. The van der Waals surface area contributed by atoms with Gasteiger partial charge in [-0.25, -0.2) is 0 Å². The Morgan fingerprint density at radius 1 is 1.00 bits per heavy atom. The van der Waals surface area contributed by atoms with Gasteiger partial charge in [-0.3, -0.25) is 4.79 Å². The Morgan fingerprint density at radius 2 is 1.90 bits per heavy atom. The van der Waals surface area contributed by atoms with E-state index in [1.165, 1.54) is 17.5 Å². The van der Waals surface area contributed by atoms with Crippen LogP contribution in [0.5, 0.6) is 0 Å². The lowest BCUT2D eigenvalue weighted by atomic mass is 10.0. The highest BCUT2D eigenvalue weighted by atomic mass is 16.5. The highest BCUT2D eigenvalue weighted by Crippen LogP contribution is 2.30. The molecule has 0 saturated carbocycles. The third kappa shape index (κ3) is 4.02. The van der Waals surface area contributed by atoms with Crippen molar-refractivity contribution in [3.63, 3.8) is 0 Å². The zero-order chi connectivity index (χ0) is 20.3. The van der Waals surface area contributed by atoms with Crippen molar-refractivity contribution < 1.29 is 18.4 Å². The molecule has 0 aliphatic heterocycles. The van der Waals surface area contributed by atoms with Crippen molar-refractivity contribution >= 4 is 22.6 Å². The SMILES string of the molecule is O=C(Cc1coc2cc3c(cc12)CCC3)Nc1cccc(COCc2ccco2)c1. The van der Waals surface area contributed by atoms with E-state index in [2.05, 4.69) is 17.4 Å². The molecule has 0 saturated heterocycles. The molecule has 0 fully saturated rings. The number of carbonyl (C=O) groups is 1. The smallest absolute Gasteiger partial charge is 0.228 e. The first-order valence-corrected chi connectivity index (χ1v) is 10.3. The molecule has 2 aromatic carbocycles. The normalized spacial score (nSPS) is 12.9. The van der Waals surface area contributed by atoms with E-state index in [1.54, 1.807) is 12.5 Å². The van der Waals surface area contributed by atoms with Crippen LogP contribution in [-0.4, -0.2) is 5.91 Å². The van der Waals surface area contributed by atoms with E-state index in [0.29, 0.717) is 13.2 Å². The van der Waals surface area contributed by atoms with Crippen LogP contribution in [0, 0.1) is 0 Å². The maximum atomic E-state index is 12.6.